The molecule has 26 heavy (non-hydrogen) atoms. The average Bonchev–Trinajstić information content (AvgIpc) is 2.62. The van der Waals surface area contributed by atoms with Crippen LogP contribution in [0.15, 0.2) is 36.4 Å². The molecule has 7 heteroatoms. The van der Waals surface area contributed by atoms with Gasteiger partial charge in [-0.15, -0.1) is 0 Å². The van der Waals surface area contributed by atoms with Gasteiger partial charge in [0.1, 0.15) is 11.0 Å². The number of nitrogens with zero attached hydrogens (tertiary/aromatic N) is 3. The van der Waals surface area contributed by atoms with Gasteiger partial charge in [-0.3, -0.25) is 0 Å². The van der Waals surface area contributed by atoms with Crippen molar-refractivity contribution in [2.45, 2.75) is 45.2 Å². The Morgan fingerprint density at radius 3 is 2.77 bits per heavy atom. The second-order valence-electron chi connectivity index (χ2n) is 6.64. The van der Waals surface area contributed by atoms with E-state index in [2.05, 4.69) is 51.5 Å². The van der Waals surface area contributed by atoms with Gasteiger partial charge < -0.3 is 15.5 Å². The molecule has 1 aliphatic rings. The molecular formula is C19H24ClN5S. The second-order valence-corrected chi connectivity index (χ2v) is 7.44. The van der Waals surface area contributed by atoms with E-state index in [0.29, 0.717) is 22.3 Å². The van der Waals surface area contributed by atoms with Gasteiger partial charge in [0.05, 0.1) is 6.04 Å². The van der Waals surface area contributed by atoms with Gasteiger partial charge in [0.2, 0.25) is 5.95 Å². The van der Waals surface area contributed by atoms with E-state index in [4.69, 9.17) is 23.8 Å². The SMILES string of the molecule is CC(NC(=S)Nc1nc(Cl)cc(N2CCCCC2C)n1)c1ccccc1. The number of rotatable bonds is 4. The number of piperidine rings is 1. The van der Waals surface area contributed by atoms with Gasteiger partial charge in [0, 0.05) is 18.7 Å². The maximum absolute atomic E-state index is 6.22. The Hall–Kier alpha value is -1.92. The van der Waals surface area contributed by atoms with Gasteiger partial charge in [0.25, 0.3) is 0 Å². The Morgan fingerprint density at radius 1 is 1.27 bits per heavy atom. The molecule has 0 radical (unpaired) electrons. The third kappa shape index (κ3) is 4.83. The van der Waals surface area contributed by atoms with E-state index >= 15 is 0 Å². The van der Waals surface area contributed by atoms with Gasteiger partial charge in [-0.25, -0.2) is 4.98 Å². The molecule has 1 aromatic heterocycles. The van der Waals surface area contributed by atoms with Crippen molar-refractivity contribution in [2.75, 3.05) is 16.8 Å². The highest BCUT2D eigenvalue weighted by atomic mass is 35.5. The molecule has 1 saturated heterocycles. The normalized spacial score (nSPS) is 18.3. The van der Waals surface area contributed by atoms with E-state index in [1.54, 1.807) is 0 Å². The highest BCUT2D eigenvalue weighted by Gasteiger charge is 2.21. The summed E-state index contributed by atoms with van der Waals surface area (Å²) in [7, 11) is 0. The van der Waals surface area contributed by atoms with Crippen molar-refractivity contribution in [2.24, 2.45) is 0 Å². The monoisotopic (exact) mass is 389 g/mol. The van der Waals surface area contributed by atoms with Crippen LogP contribution in [0.25, 0.3) is 0 Å². The lowest BCUT2D eigenvalue weighted by Gasteiger charge is -2.34. The van der Waals surface area contributed by atoms with E-state index in [9.17, 15) is 0 Å². The van der Waals surface area contributed by atoms with E-state index in [-0.39, 0.29) is 6.04 Å². The fourth-order valence-electron chi connectivity index (χ4n) is 3.21. The fraction of sp³-hybridized carbons (Fsp3) is 0.421. The van der Waals surface area contributed by atoms with Crippen molar-refractivity contribution in [3.63, 3.8) is 0 Å². The van der Waals surface area contributed by atoms with E-state index in [0.717, 1.165) is 17.9 Å². The van der Waals surface area contributed by atoms with Gasteiger partial charge in [0.15, 0.2) is 5.11 Å². The Bertz CT molecular complexity index is 755. The lowest BCUT2D eigenvalue weighted by atomic mass is 10.0. The molecule has 2 heterocycles. The third-order valence-corrected chi connectivity index (χ3v) is 5.06. The summed E-state index contributed by atoms with van der Waals surface area (Å²) >= 11 is 11.6. The number of thiocarbonyl (C=S) groups is 1. The summed E-state index contributed by atoms with van der Waals surface area (Å²) in [4.78, 5) is 11.2. The Morgan fingerprint density at radius 2 is 2.04 bits per heavy atom. The van der Waals surface area contributed by atoms with Crippen LogP contribution >= 0.6 is 23.8 Å². The molecular weight excluding hydrogens is 366 g/mol. The minimum Gasteiger partial charge on any atom is -0.356 e. The molecule has 1 fully saturated rings. The van der Waals surface area contributed by atoms with Crippen LogP contribution in [-0.2, 0) is 0 Å². The Kier molecular flexibility index (Phi) is 6.27. The molecule has 2 atom stereocenters. The minimum absolute atomic E-state index is 0.0805. The number of benzene rings is 1. The van der Waals surface area contributed by atoms with Crippen LogP contribution in [0, 0.1) is 0 Å². The molecule has 0 spiro atoms. The van der Waals surface area contributed by atoms with Crippen LogP contribution in [0.4, 0.5) is 11.8 Å². The summed E-state index contributed by atoms with van der Waals surface area (Å²) in [6, 6.07) is 12.5. The summed E-state index contributed by atoms with van der Waals surface area (Å²) in [6.07, 6.45) is 3.59. The average molecular weight is 390 g/mol. The molecule has 5 nitrogen and oxygen atoms in total. The summed E-state index contributed by atoms with van der Waals surface area (Å²) in [5.74, 6) is 1.27. The van der Waals surface area contributed by atoms with Gasteiger partial charge in [-0.05, 0) is 50.9 Å². The van der Waals surface area contributed by atoms with Crippen molar-refractivity contribution in [3.8, 4) is 0 Å². The predicted octanol–water partition coefficient (Wildman–Crippen LogP) is 4.56. The van der Waals surface area contributed by atoms with Crippen LogP contribution < -0.4 is 15.5 Å². The molecule has 0 saturated carbocycles. The lowest BCUT2D eigenvalue weighted by molar-refractivity contribution is 0.481. The largest absolute Gasteiger partial charge is 0.356 e. The standard InChI is InChI=1S/C19H24ClN5S/c1-13-8-6-7-11-25(13)17-12-16(20)22-18(23-17)24-19(26)21-14(2)15-9-4-3-5-10-15/h3-5,9-10,12-14H,6-8,11H2,1-2H3,(H2,21,22,23,24,26). The maximum Gasteiger partial charge on any atom is 0.232 e. The highest BCUT2D eigenvalue weighted by molar-refractivity contribution is 7.80. The van der Waals surface area contributed by atoms with Gasteiger partial charge in [-0.1, -0.05) is 41.9 Å². The number of aromatic nitrogens is 2. The van der Waals surface area contributed by atoms with Crippen molar-refractivity contribution in [3.05, 3.63) is 47.1 Å². The van der Waals surface area contributed by atoms with Crippen molar-refractivity contribution < 1.29 is 0 Å². The van der Waals surface area contributed by atoms with Crippen LogP contribution in [0.3, 0.4) is 0 Å². The van der Waals surface area contributed by atoms with Crippen molar-refractivity contribution in [1.82, 2.24) is 15.3 Å². The molecule has 2 aromatic rings. The van der Waals surface area contributed by atoms with Crippen LogP contribution in [0.2, 0.25) is 5.15 Å². The quantitative estimate of drug-likeness (QED) is 0.590. The third-order valence-electron chi connectivity index (χ3n) is 4.65. The molecule has 0 amide bonds. The van der Waals surface area contributed by atoms with Crippen molar-refractivity contribution >= 4 is 40.7 Å². The van der Waals surface area contributed by atoms with Crippen LogP contribution in [-0.4, -0.2) is 27.7 Å². The topological polar surface area (TPSA) is 53.1 Å². The second kappa shape index (κ2) is 8.64. The molecule has 3 rings (SSSR count). The van der Waals surface area contributed by atoms with Crippen molar-refractivity contribution in [1.29, 1.82) is 0 Å². The predicted molar refractivity (Wildman–Crippen MR) is 112 cm³/mol. The first-order chi connectivity index (χ1) is 12.5. The minimum atomic E-state index is 0.0805. The number of halogens is 1. The molecule has 1 aliphatic heterocycles. The number of hydrogen-bond donors (Lipinski definition) is 2. The summed E-state index contributed by atoms with van der Waals surface area (Å²) in [5, 5.41) is 7.20. The van der Waals surface area contributed by atoms with E-state index < -0.39 is 0 Å². The zero-order valence-electron chi connectivity index (χ0n) is 15.1. The number of anilines is 2. The summed E-state index contributed by atoms with van der Waals surface area (Å²) < 4.78 is 0. The van der Waals surface area contributed by atoms with E-state index in [1.807, 2.05) is 24.3 Å². The molecule has 0 aliphatic carbocycles. The highest BCUT2D eigenvalue weighted by Crippen LogP contribution is 2.25. The zero-order chi connectivity index (χ0) is 18.5. The van der Waals surface area contributed by atoms with Crippen LogP contribution in [0.1, 0.15) is 44.7 Å². The summed E-state index contributed by atoms with van der Waals surface area (Å²) in [6.45, 7) is 5.26. The zero-order valence-corrected chi connectivity index (χ0v) is 16.6. The maximum atomic E-state index is 6.22. The van der Waals surface area contributed by atoms with E-state index in [1.165, 1.54) is 19.3 Å². The van der Waals surface area contributed by atoms with Crippen LogP contribution in [0.5, 0.6) is 0 Å². The molecule has 0 bridgehead atoms. The molecule has 2 unspecified atom stereocenters. The van der Waals surface area contributed by atoms with Gasteiger partial charge >= 0.3 is 0 Å². The smallest absolute Gasteiger partial charge is 0.232 e. The first kappa shape index (κ1) is 18.9. The lowest BCUT2D eigenvalue weighted by Crippen LogP contribution is -2.38. The Balaban J connectivity index is 1.68. The number of hydrogen-bond acceptors (Lipinski definition) is 4. The first-order valence-electron chi connectivity index (χ1n) is 8.96. The molecule has 1 aromatic carbocycles. The fourth-order valence-corrected chi connectivity index (χ4v) is 3.65. The van der Waals surface area contributed by atoms with Gasteiger partial charge in [-0.2, -0.15) is 4.98 Å². The first-order valence-corrected chi connectivity index (χ1v) is 9.75. The molecule has 2 N–H and O–H groups in total. The molecule has 138 valence electrons. The Labute approximate surface area is 165 Å². The number of nitrogens with one attached hydrogen (secondary N) is 2. The summed E-state index contributed by atoms with van der Waals surface area (Å²) in [5.41, 5.74) is 1.16.